The standard InChI is InChI=1S/C12H14O3/c1-5-9(6-2)11(13)15-12(14)10(7-3)8-4/h5-9H,1-3H2,4H3. The highest BCUT2D eigenvalue weighted by Crippen LogP contribution is 2.06. The second-order valence-electron chi connectivity index (χ2n) is 2.65. The summed E-state index contributed by atoms with van der Waals surface area (Å²) in [7, 11) is 0. The van der Waals surface area contributed by atoms with E-state index >= 15 is 0 Å². The van der Waals surface area contributed by atoms with Crippen molar-refractivity contribution < 1.29 is 14.3 Å². The van der Waals surface area contributed by atoms with Gasteiger partial charge in [-0.3, -0.25) is 4.79 Å². The molecule has 80 valence electrons. The van der Waals surface area contributed by atoms with Crippen LogP contribution in [-0.4, -0.2) is 11.9 Å². The van der Waals surface area contributed by atoms with Gasteiger partial charge in [0.1, 0.15) is 0 Å². The first-order valence-corrected chi connectivity index (χ1v) is 4.40. The van der Waals surface area contributed by atoms with Crippen molar-refractivity contribution in [2.24, 2.45) is 5.92 Å². The topological polar surface area (TPSA) is 43.4 Å². The summed E-state index contributed by atoms with van der Waals surface area (Å²) in [6.45, 7) is 11.9. The van der Waals surface area contributed by atoms with Crippen molar-refractivity contribution in [3.8, 4) is 0 Å². The van der Waals surface area contributed by atoms with E-state index in [1.54, 1.807) is 6.92 Å². The molecule has 0 amide bonds. The van der Waals surface area contributed by atoms with Crippen LogP contribution in [0.15, 0.2) is 49.6 Å². The summed E-state index contributed by atoms with van der Waals surface area (Å²) in [4.78, 5) is 22.6. The van der Waals surface area contributed by atoms with E-state index in [2.05, 4.69) is 24.5 Å². The van der Waals surface area contributed by atoms with Crippen LogP contribution in [0.3, 0.4) is 0 Å². The van der Waals surface area contributed by atoms with Gasteiger partial charge in [0.15, 0.2) is 0 Å². The number of hydrogen-bond acceptors (Lipinski definition) is 3. The van der Waals surface area contributed by atoms with Crippen LogP contribution >= 0.6 is 0 Å². The number of hydrogen-bond donors (Lipinski definition) is 0. The Labute approximate surface area is 89.4 Å². The fourth-order valence-electron chi connectivity index (χ4n) is 0.826. The minimum absolute atomic E-state index is 0.246. The molecule has 0 aromatic carbocycles. The minimum atomic E-state index is -0.716. The van der Waals surface area contributed by atoms with Gasteiger partial charge in [-0.1, -0.05) is 30.9 Å². The lowest BCUT2D eigenvalue weighted by Crippen LogP contribution is -2.19. The van der Waals surface area contributed by atoms with Gasteiger partial charge in [-0.25, -0.2) is 4.79 Å². The lowest BCUT2D eigenvalue weighted by atomic mass is 10.1. The number of carbonyl (C=O) groups is 2. The Morgan fingerprint density at radius 1 is 1.20 bits per heavy atom. The zero-order valence-electron chi connectivity index (χ0n) is 8.73. The molecule has 0 rings (SSSR count). The van der Waals surface area contributed by atoms with Crippen molar-refractivity contribution in [1.29, 1.82) is 0 Å². The molecule has 0 atom stereocenters. The maximum atomic E-state index is 11.3. The summed E-state index contributed by atoms with van der Waals surface area (Å²) >= 11 is 0. The van der Waals surface area contributed by atoms with Crippen LogP contribution in [-0.2, 0) is 14.3 Å². The zero-order chi connectivity index (χ0) is 11.8. The smallest absolute Gasteiger partial charge is 0.345 e. The van der Waals surface area contributed by atoms with Crippen LogP contribution in [0.5, 0.6) is 0 Å². The van der Waals surface area contributed by atoms with Gasteiger partial charge in [0.2, 0.25) is 0 Å². The highest BCUT2D eigenvalue weighted by Gasteiger charge is 2.17. The molecule has 0 aliphatic heterocycles. The molecule has 0 bridgehead atoms. The predicted octanol–water partition coefficient (Wildman–Crippen LogP) is 2.18. The second kappa shape index (κ2) is 6.54. The third-order valence-corrected chi connectivity index (χ3v) is 1.74. The number of esters is 2. The molecule has 0 aromatic heterocycles. The van der Waals surface area contributed by atoms with Crippen molar-refractivity contribution in [1.82, 2.24) is 0 Å². The lowest BCUT2D eigenvalue weighted by molar-refractivity contribution is -0.157. The van der Waals surface area contributed by atoms with Crippen molar-refractivity contribution in [3.05, 3.63) is 49.6 Å². The van der Waals surface area contributed by atoms with Crippen molar-refractivity contribution in [3.63, 3.8) is 0 Å². The van der Waals surface area contributed by atoms with Crippen molar-refractivity contribution in [2.45, 2.75) is 6.92 Å². The molecular weight excluding hydrogens is 192 g/mol. The molecule has 0 aliphatic carbocycles. The maximum Gasteiger partial charge on any atom is 0.345 e. The molecule has 0 fully saturated rings. The molecular formula is C12H14O3. The van der Waals surface area contributed by atoms with E-state index in [0.717, 1.165) is 0 Å². The third-order valence-electron chi connectivity index (χ3n) is 1.74. The molecule has 0 saturated heterocycles. The Hall–Kier alpha value is -1.90. The molecule has 3 heteroatoms. The zero-order valence-corrected chi connectivity index (χ0v) is 8.73. The molecule has 0 unspecified atom stereocenters. The van der Waals surface area contributed by atoms with Gasteiger partial charge in [0, 0.05) is 0 Å². The summed E-state index contributed by atoms with van der Waals surface area (Å²) < 4.78 is 4.58. The summed E-state index contributed by atoms with van der Waals surface area (Å²) in [6, 6.07) is 0. The summed E-state index contributed by atoms with van der Waals surface area (Å²) in [5.41, 5.74) is 0.246. The lowest BCUT2D eigenvalue weighted by Gasteiger charge is -2.06. The van der Waals surface area contributed by atoms with E-state index in [0.29, 0.717) is 0 Å². The van der Waals surface area contributed by atoms with E-state index < -0.39 is 17.9 Å². The Kier molecular flexibility index (Phi) is 5.71. The van der Waals surface area contributed by atoms with Gasteiger partial charge >= 0.3 is 11.9 Å². The summed E-state index contributed by atoms with van der Waals surface area (Å²) in [6.07, 6.45) is 5.55. The third kappa shape index (κ3) is 3.77. The highest BCUT2D eigenvalue weighted by molar-refractivity contribution is 5.99. The van der Waals surface area contributed by atoms with E-state index in [9.17, 15) is 9.59 Å². The van der Waals surface area contributed by atoms with E-state index in [1.165, 1.54) is 24.3 Å². The fourth-order valence-corrected chi connectivity index (χ4v) is 0.826. The normalized spacial score (nSPS) is 10.7. The van der Waals surface area contributed by atoms with Crippen molar-refractivity contribution in [2.75, 3.05) is 0 Å². The van der Waals surface area contributed by atoms with Crippen LogP contribution < -0.4 is 0 Å². The number of ether oxygens (including phenoxy) is 1. The van der Waals surface area contributed by atoms with Gasteiger partial charge in [-0.15, -0.1) is 13.2 Å². The SMILES string of the molecule is C=CC(=CC)C(=O)OC(=O)C(C=C)C=C. The molecule has 0 saturated carbocycles. The molecule has 0 heterocycles. The van der Waals surface area contributed by atoms with E-state index in [-0.39, 0.29) is 5.57 Å². The molecule has 0 N–H and O–H groups in total. The molecule has 0 radical (unpaired) electrons. The molecule has 0 aliphatic rings. The fraction of sp³-hybridized carbons (Fsp3) is 0.167. The average molecular weight is 206 g/mol. The first-order valence-electron chi connectivity index (χ1n) is 4.40. The summed E-state index contributed by atoms with van der Waals surface area (Å²) in [5, 5.41) is 0. The largest absolute Gasteiger partial charge is 0.389 e. The molecule has 15 heavy (non-hydrogen) atoms. The Morgan fingerprint density at radius 2 is 1.73 bits per heavy atom. The van der Waals surface area contributed by atoms with Crippen LogP contribution in [0.2, 0.25) is 0 Å². The second-order valence-corrected chi connectivity index (χ2v) is 2.65. The number of allylic oxidation sites excluding steroid dienone is 1. The van der Waals surface area contributed by atoms with Gasteiger partial charge in [-0.2, -0.15) is 0 Å². The van der Waals surface area contributed by atoms with E-state index in [4.69, 9.17) is 0 Å². The van der Waals surface area contributed by atoms with E-state index in [1.807, 2.05) is 0 Å². The average Bonchev–Trinajstić information content (AvgIpc) is 2.21. The molecule has 0 aromatic rings. The summed E-state index contributed by atoms with van der Waals surface area (Å²) in [5.74, 6) is -2.07. The molecule has 3 nitrogen and oxygen atoms in total. The van der Waals surface area contributed by atoms with Gasteiger partial charge in [-0.05, 0) is 6.92 Å². The molecule has 0 spiro atoms. The van der Waals surface area contributed by atoms with Gasteiger partial charge < -0.3 is 4.74 Å². The van der Waals surface area contributed by atoms with Crippen LogP contribution in [0, 0.1) is 5.92 Å². The Bertz CT molecular complexity index is 316. The predicted molar refractivity (Wildman–Crippen MR) is 58.9 cm³/mol. The quantitative estimate of drug-likeness (QED) is 0.228. The van der Waals surface area contributed by atoms with Gasteiger partial charge in [0.25, 0.3) is 0 Å². The highest BCUT2D eigenvalue weighted by atomic mass is 16.6. The van der Waals surface area contributed by atoms with Crippen LogP contribution in [0.25, 0.3) is 0 Å². The maximum absolute atomic E-state index is 11.3. The van der Waals surface area contributed by atoms with Crippen LogP contribution in [0.1, 0.15) is 6.92 Å². The first kappa shape index (κ1) is 13.1. The first-order chi connectivity index (χ1) is 7.10. The monoisotopic (exact) mass is 206 g/mol. The Morgan fingerprint density at radius 3 is 2.07 bits per heavy atom. The van der Waals surface area contributed by atoms with Crippen LogP contribution in [0.4, 0.5) is 0 Å². The minimum Gasteiger partial charge on any atom is -0.389 e. The van der Waals surface area contributed by atoms with Crippen molar-refractivity contribution >= 4 is 11.9 Å². The number of carbonyl (C=O) groups excluding carboxylic acids is 2. The Balaban J connectivity index is 4.54. The number of rotatable bonds is 5. The van der Waals surface area contributed by atoms with Gasteiger partial charge in [0.05, 0.1) is 11.5 Å².